The fourth-order valence-electron chi connectivity index (χ4n) is 1.21. The highest BCUT2D eigenvalue weighted by Crippen LogP contribution is 2.27. The zero-order valence-corrected chi connectivity index (χ0v) is 10.5. The third-order valence-corrected chi connectivity index (χ3v) is 3.41. The van der Waals surface area contributed by atoms with Gasteiger partial charge in [-0.1, -0.05) is 0 Å². The van der Waals surface area contributed by atoms with Gasteiger partial charge in [0.2, 0.25) is 10.0 Å². The van der Waals surface area contributed by atoms with Crippen LogP contribution in [-0.2, 0) is 14.8 Å². The zero-order valence-electron chi connectivity index (χ0n) is 9.67. The molecule has 0 aliphatic rings. The Bertz CT molecular complexity index is 541. The van der Waals surface area contributed by atoms with Gasteiger partial charge in [-0.2, -0.15) is 0 Å². The summed E-state index contributed by atoms with van der Waals surface area (Å²) in [5.74, 6) is -1.98. The Balaban J connectivity index is 2.86. The van der Waals surface area contributed by atoms with Gasteiger partial charge in [0, 0.05) is 12.7 Å². The number of carboxylic acids is 1. The Morgan fingerprint density at radius 2 is 2.06 bits per heavy atom. The van der Waals surface area contributed by atoms with Crippen LogP contribution in [0.2, 0.25) is 0 Å². The monoisotopic (exact) mass is 274 g/mol. The number of aromatic hydroxyl groups is 1. The molecule has 7 nitrogen and oxygen atoms in total. The van der Waals surface area contributed by atoms with Crippen LogP contribution < -0.4 is 10.0 Å². The van der Waals surface area contributed by atoms with Gasteiger partial charge in [0.05, 0.1) is 17.9 Å². The van der Waals surface area contributed by atoms with E-state index in [0.717, 1.165) is 0 Å². The number of hydrogen-bond donors (Lipinski definition) is 4. The first-order valence-corrected chi connectivity index (χ1v) is 6.72. The Hall–Kier alpha value is -1.96. The Morgan fingerprint density at radius 1 is 1.39 bits per heavy atom. The molecule has 0 aliphatic carbocycles. The first-order valence-electron chi connectivity index (χ1n) is 5.07. The lowest BCUT2D eigenvalue weighted by Gasteiger charge is -2.10. The molecule has 8 heteroatoms. The molecule has 0 aliphatic heterocycles. The fourth-order valence-corrected chi connectivity index (χ4v) is 2.26. The summed E-state index contributed by atoms with van der Waals surface area (Å²) in [6.07, 6.45) is -0.498. The second-order valence-corrected chi connectivity index (χ2v) is 5.39. The summed E-state index contributed by atoms with van der Waals surface area (Å²) in [5, 5.41) is 20.7. The molecule has 1 aromatic carbocycles. The second kappa shape index (κ2) is 5.58. The number of rotatable bonds is 6. The summed E-state index contributed by atoms with van der Waals surface area (Å²) in [6.45, 7) is 0. The summed E-state index contributed by atoms with van der Waals surface area (Å²) in [5.41, 5.74) is 0.621. The van der Waals surface area contributed by atoms with Crippen LogP contribution in [0, 0.1) is 0 Å². The van der Waals surface area contributed by atoms with Gasteiger partial charge in [0.25, 0.3) is 0 Å². The number of sulfonamides is 1. The predicted molar refractivity (Wildman–Crippen MR) is 67.3 cm³/mol. The highest BCUT2D eigenvalue weighted by Gasteiger charge is 2.15. The summed E-state index contributed by atoms with van der Waals surface area (Å²) < 4.78 is 25.2. The van der Waals surface area contributed by atoms with Gasteiger partial charge >= 0.3 is 5.97 Å². The average molecular weight is 274 g/mol. The van der Waals surface area contributed by atoms with E-state index in [2.05, 4.69) is 10.0 Å². The first-order chi connectivity index (χ1) is 8.34. The van der Waals surface area contributed by atoms with Crippen molar-refractivity contribution in [3.8, 4) is 5.75 Å². The van der Waals surface area contributed by atoms with Gasteiger partial charge in [0.15, 0.2) is 0 Å². The zero-order chi connectivity index (χ0) is 13.8. The van der Waals surface area contributed by atoms with Crippen molar-refractivity contribution in [1.29, 1.82) is 0 Å². The molecule has 0 radical (unpaired) electrons. The van der Waals surface area contributed by atoms with Gasteiger partial charge in [-0.25, -0.2) is 8.42 Å². The lowest BCUT2D eigenvalue weighted by atomic mass is 10.2. The molecule has 0 amide bonds. The van der Waals surface area contributed by atoms with Crippen LogP contribution in [0.4, 0.5) is 11.4 Å². The molecular weight excluding hydrogens is 260 g/mol. The lowest BCUT2D eigenvalue weighted by Crippen LogP contribution is -2.19. The molecule has 0 bridgehead atoms. The minimum absolute atomic E-state index is 0.00670. The smallest absolute Gasteiger partial charge is 0.304 e. The number of aliphatic carboxylic acids is 1. The molecule has 4 N–H and O–H groups in total. The molecule has 0 spiro atoms. The van der Waals surface area contributed by atoms with E-state index in [1.165, 1.54) is 12.1 Å². The van der Waals surface area contributed by atoms with E-state index in [-0.39, 0.29) is 11.4 Å². The number of carbonyl (C=O) groups is 1. The van der Waals surface area contributed by atoms with Gasteiger partial charge in [0.1, 0.15) is 5.75 Å². The van der Waals surface area contributed by atoms with Crippen LogP contribution in [0.15, 0.2) is 18.2 Å². The van der Waals surface area contributed by atoms with Gasteiger partial charge in [-0.3, -0.25) is 9.52 Å². The molecule has 100 valence electrons. The Kier molecular flexibility index (Phi) is 4.38. The van der Waals surface area contributed by atoms with Crippen LogP contribution >= 0.6 is 0 Å². The van der Waals surface area contributed by atoms with E-state index in [1.807, 2.05) is 0 Å². The first kappa shape index (κ1) is 14.1. The molecule has 0 saturated carbocycles. The van der Waals surface area contributed by atoms with Crippen LogP contribution in [0.3, 0.4) is 0 Å². The molecule has 0 heterocycles. The maximum atomic E-state index is 11.6. The van der Waals surface area contributed by atoms with Crippen molar-refractivity contribution in [2.75, 3.05) is 22.8 Å². The molecule has 0 unspecified atom stereocenters. The summed E-state index contributed by atoms with van der Waals surface area (Å²) in [7, 11) is -2.15. The van der Waals surface area contributed by atoms with Gasteiger partial charge in [-0.15, -0.1) is 0 Å². The average Bonchev–Trinajstić information content (AvgIpc) is 2.29. The lowest BCUT2D eigenvalue weighted by molar-refractivity contribution is -0.136. The highest BCUT2D eigenvalue weighted by atomic mass is 32.2. The number of nitrogens with one attached hydrogen (secondary N) is 2. The number of benzene rings is 1. The largest absolute Gasteiger partial charge is 0.506 e. The van der Waals surface area contributed by atoms with Gasteiger partial charge < -0.3 is 15.5 Å². The highest BCUT2D eigenvalue weighted by molar-refractivity contribution is 7.92. The standard InChI is InChI=1S/C10H14N2O5S/c1-11-7-2-3-9(13)8(6-7)12-18(16,17)5-4-10(14)15/h2-3,6,11-13H,4-5H2,1H3,(H,14,15). The van der Waals surface area contributed by atoms with Crippen molar-refractivity contribution in [2.24, 2.45) is 0 Å². The fraction of sp³-hybridized carbons (Fsp3) is 0.300. The minimum Gasteiger partial charge on any atom is -0.506 e. The molecule has 0 saturated heterocycles. The van der Waals surface area contributed by atoms with Crippen LogP contribution in [0.1, 0.15) is 6.42 Å². The quantitative estimate of drug-likeness (QED) is 0.447. The van der Waals surface area contributed by atoms with Crippen molar-refractivity contribution in [3.63, 3.8) is 0 Å². The van der Waals surface area contributed by atoms with Crippen molar-refractivity contribution in [1.82, 2.24) is 0 Å². The van der Waals surface area contributed by atoms with Crippen LogP contribution in [0.25, 0.3) is 0 Å². The number of carboxylic acid groups (broad SMARTS) is 1. The Morgan fingerprint density at radius 3 is 2.61 bits per heavy atom. The third kappa shape index (κ3) is 4.13. The topological polar surface area (TPSA) is 116 Å². The molecular formula is C10H14N2O5S. The molecule has 18 heavy (non-hydrogen) atoms. The number of phenolic OH excluding ortho intramolecular Hbond substituents is 1. The van der Waals surface area contributed by atoms with E-state index >= 15 is 0 Å². The van der Waals surface area contributed by atoms with E-state index in [9.17, 15) is 18.3 Å². The van der Waals surface area contributed by atoms with Gasteiger partial charge in [-0.05, 0) is 18.2 Å². The molecule has 0 aromatic heterocycles. The summed E-state index contributed by atoms with van der Waals surface area (Å²) in [6, 6.07) is 4.32. The van der Waals surface area contributed by atoms with Crippen molar-refractivity contribution in [2.45, 2.75) is 6.42 Å². The van der Waals surface area contributed by atoms with E-state index in [4.69, 9.17) is 5.11 Å². The minimum atomic E-state index is -3.80. The maximum Gasteiger partial charge on any atom is 0.304 e. The number of phenols is 1. The molecule has 1 aromatic rings. The number of hydrogen-bond acceptors (Lipinski definition) is 5. The summed E-state index contributed by atoms with van der Waals surface area (Å²) in [4.78, 5) is 10.3. The Labute approximate surface area is 105 Å². The van der Waals surface area contributed by atoms with Crippen molar-refractivity contribution >= 4 is 27.4 Å². The van der Waals surface area contributed by atoms with Crippen LogP contribution in [0.5, 0.6) is 5.75 Å². The van der Waals surface area contributed by atoms with Crippen molar-refractivity contribution in [3.05, 3.63) is 18.2 Å². The second-order valence-electron chi connectivity index (χ2n) is 3.55. The third-order valence-electron chi connectivity index (χ3n) is 2.14. The van der Waals surface area contributed by atoms with Crippen LogP contribution in [-0.4, -0.2) is 37.4 Å². The molecule has 1 rings (SSSR count). The maximum absolute atomic E-state index is 11.6. The van der Waals surface area contributed by atoms with Crippen molar-refractivity contribution < 1.29 is 23.4 Å². The van der Waals surface area contributed by atoms with E-state index < -0.39 is 28.2 Å². The SMILES string of the molecule is CNc1ccc(O)c(NS(=O)(=O)CCC(=O)O)c1. The van der Waals surface area contributed by atoms with E-state index in [0.29, 0.717) is 5.69 Å². The number of anilines is 2. The van der Waals surface area contributed by atoms with E-state index in [1.54, 1.807) is 13.1 Å². The predicted octanol–water partition coefficient (Wildman–Crippen LogP) is 0.650. The summed E-state index contributed by atoms with van der Waals surface area (Å²) >= 11 is 0. The molecule has 0 atom stereocenters. The molecule has 0 fully saturated rings. The normalized spacial score (nSPS) is 10.9.